The highest BCUT2D eigenvalue weighted by Gasteiger charge is 2.29. The number of piperazine rings is 1. The molecule has 1 aliphatic carbocycles. The van der Waals surface area contributed by atoms with Crippen molar-refractivity contribution in [2.45, 2.75) is 24.2 Å². The fraction of sp³-hybridized carbons (Fsp3) is 0.368. The molecule has 1 heterocycles. The van der Waals surface area contributed by atoms with Gasteiger partial charge in [0.25, 0.3) is 0 Å². The quantitative estimate of drug-likeness (QED) is 0.915. The molecule has 0 saturated carbocycles. The first-order valence-electron chi connectivity index (χ1n) is 8.70. The van der Waals surface area contributed by atoms with Crippen molar-refractivity contribution in [1.29, 1.82) is 0 Å². The summed E-state index contributed by atoms with van der Waals surface area (Å²) < 4.78 is 27.5. The monoisotopic (exact) mass is 358 g/mol. The van der Waals surface area contributed by atoms with Crippen molar-refractivity contribution in [2.24, 2.45) is 0 Å². The molecular weight excluding hydrogens is 336 g/mol. The van der Waals surface area contributed by atoms with Crippen LogP contribution >= 0.6 is 0 Å². The van der Waals surface area contributed by atoms with Gasteiger partial charge in [-0.05, 0) is 66.8 Å². The van der Waals surface area contributed by atoms with Crippen LogP contribution in [0.2, 0.25) is 0 Å². The van der Waals surface area contributed by atoms with Crippen LogP contribution < -0.4 is 4.90 Å². The maximum absolute atomic E-state index is 12.9. The number of phenols is 1. The van der Waals surface area contributed by atoms with Gasteiger partial charge in [-0.15, -0.1) is 0 Å². The van der Waals surface area contributed by atoms with Crippen LogP contribution in [0, 0.1) is 0 Å². The van der Waals surface area contributed by atoms with E-state index in [0.717, 1.165) is 24.9 Å². The second-order valence-corrected chi connectivity index (χ2v) is 8.63. The molecule has 0 radical (unpaired) electrons. The highest BCUT2D eigenvalue weighted by atomic mass is 32.2. The largest absolute Gasteiger partial charge is 0.508 e. The molecule has 1 N–H and O–H groups in total. The second-order valence-electron chi connectivity index (χ2n) is 6.69. The van der Waals surface area contributed by atoms with Crippen molar-refractivity contribution in [3.05, 3.63) is 53.6 Å². The summed E-state index contributed by atoms with van der Waals surface area (Å²) in [5.74, 6) is 0.238. The van der Waals surface area contributed by atoms with Gasteiger partial charge in [0.1, 0.15) is 5.75 Å². The SMILES string of the molecule is O=S(=O)(c1ccc2c(c1)CCC2)N1CCN(c2ccc(O)cc2)CC1. The average Bonchev–Trinajstić information content (AvgIpc) is 3.10. The van der Waals surface area contributed by atoms with Crippen molar-refractivity contribution in [2.75, 3.05) is 31.1 Å². The van der Waals surface area contributed by atoms with Gasteiger partial charge in [0.05, 0.1) is 4.90 Å². The lowest BCUT2D eigenvalue weighted by Crippen LogP contribution is -2.48. The molecule has 0 unspecified atom stereocenters. The Labute approximate surface area is 148 Å². The summed E-state index contributed by atoms with van der Waals surface area (Å²) in [7, 11) is -3.43. The highest BCUT2D eigenvalue weighted by molar-refractivity contribution is 7.89. The number of sulfonamides is 1. The van der Waals surface area contributed by atoms with Crippen LogP contribution in [0.1, 0.15) is 17.5 Å². The maximum Gasteiger partial charge on any atom is 0.243 e. The molecule has 5 nitrogen and oxygen atoms in total. The number of fused-ring (bicyclic) bond motifs is 1. The van der Waals surface area contributed by atoms with E-state index in [1.165, 1.54) is 11.1 Å². The van der Waals surface area contributed by atoms with Crippen molar-refractivity contribution >= 4 is 15.7 Å². The van der Waals surface area contributed by atoms with Crippen LogP contribution in [-0.2, 0) is 22.9 Å². The van der Waals surface area contributed by atoms with E-state index in [2.05, 4.69) is 4.90 Å². The fourth-order valence-corrected chi connectivity index (χ4v) is 5.18. The Morgan fingerprint density at radius 1 is 0.840 bits per heavy atom. The number of benzene rings is 2. The molecule has 0 spiro atoms. The molecule has 0 bridgehead atoms. The Morgan fingerprint density at radius 2 is 1.52 bits per heavy atom. The molecular formula is C19H22N2O3S. The molecule has 1 fully saturated rings. The van der Waals surface area contributed by atoms with Gasteiger partial charge in [0, 0.05) is 31.9 Å². The Kier molecular flexibility index (Phi) is 4.17. The smallest absolute Gasteiger partial charge is 0.243 e. The standard InChI is InChI=1S/C19H22N2O3S/c22-18-7-5-17(6-8-18)20-10-12-21(13-11-20)25(23,24)19-9-4-15-2-1-3-16(15)14-19/h4-9,14,22H,1-3,10-13H2. The summed E-state index contributed by atoms with van der Waals surface area (Å²) in [4.78, 5) is 2.57. The van der Waals surface area contributed by atoms with Crippen LogP contribution in [0.25, 0.3) is 0 Å². The minimum absolute atomic E-state index is 0.238. The number of aryl methyl sites for hydroxylation is 2. The van der Waals surface area contributed by atoms with E-state index in [1.807, 2.05) is 24.3 Å². The van der Waals surface area contributed by atoms with Gasteiger partial charge < -0.3 is 10.0 Å². The Morgan fingerprint density at radius 3 is 2.24 bits per heavy atom. The third kappa shape index (κ3) is 3.12. The predicted molar refractivity (Wildman–Crippen MR) is 97.5 cm³/mol. The fourth-order valence-electron chi connectivity index (χ4n) is 3.71. The molecule has 1 saturated heterocycles. The number of hydrogen-bond donors (Lipinski definition) is 1. The van der Waals surface area contributed by atoms with Crippen molar-refractivity contribution < 1.29 is 13.5 Å². The maximum atomic E-state index is 12.9. The summed E-state index contributed by atoms with van der Waals surface area (Å²) in [5.41, 5.74) is 3.48. The van der Waals surface area contributed by atoms with Crippen LogP contribution in [0.15, 0.2) is 47.4 Å². The number of aromatic hydroxyl groups is 1. The van der Waals surface area contributed by atoms with Crippen molar-refractivity contribution in [1.82, 2.24) is 4.31 Å². The number of rotatable bonds is 3. The van der Waals surface area contributed by atoms with Gasteiger partial charge in [-0.3, -0.25) is 0 Å². The third-order valence-corrected chi connectivity index (χ3v) is 7.06. The minimum Gasteiger partial charge on any atom is -0.508 e. The lowest BCUT2D eigenvalue weighted by atomic mass is 10.1. The van der Waals surface area contributed by atoms with Gasteiger partial charge in [-0.25, -0.2) is 8.42 Å². The summed E-state index contributed by atoms with van der Waals surface area (Å²) in [6.45, 7) is 2.24. The summed E-state index contributed by atoms with van der Waals surface area (Å²) >= 11 is 0. The number of hydrogen-bond acceptors (Lipinski definition) is 4. The molecule has 0 atom stereocenters. The van der Waals surface area contributed by atoms with E-state index in [-0.39, 0.29) is 5.75 Å². The van der Waals surface area contributed by atoms with Gasteiger partial charge in [-0.2, -0.15) is 4.31 Å². The lowest BCUT2D eigenvalue weighted by Gasteiger charge is -2.35. The van der Waals surface area contributed by atoms with E-state index in [4.69, 9.17) is 0 Å². The van der Waals surface area contributed by atoms with E-state index < -0.39 is 10.0 Å². The zero-order valence-corrected chi connectivity index (χ0v) is 14.9. The van der Waals surface area contributed by atoms with Gasteiger partial charge in [-0.1, -0.05) is 6.07 Å². The van der Waals surface area contributed by atoms with Crippen LogP contribution in [0.3, 0.4) is 0 Å². The molecule has 0 amide bonds. The van der Waals surface area contributed by atoms with Crippen LogP contribution in [0.5, 0.6) is 5.75 Å². The molecule has 0 aromatic heterocycles. The van der Waals surface area contributed by atoms with Crippen LogP contribution in [-0.4, -0.2) is 44.0 Å². The normalized spacial score (nSPS) is 18.3. The summed E-state index contributed by atoms with van der Waals surface area (Å²) in [5, 5.41) is 9.39. The Hall–Kier alpha value is -2.05. The molecule has 25 heavy (non-hydrogen) atoms. The third-order valence-electron chi connectivity index (χ3n) is 5.16. The summed E-state index contributed by atoms with van der Waals surface area (Å²) in [6.07, 6.45) is 3.15. The molecule has 4 rings (SSSR count). The van der Waals surface area contributed by atoms with Crippen molar-refractivity contribution in [3.63, 3.8) is 0 Å². The second kappa shape index (κ2) is 6.35. The van der Waals surface area contributed by atoms with Gasteiger partial charge in [0.2, 0.25) is 10.0 Å². The van der Waals surface area contributed by atoms with Crippen LogP contribution in [0.4, 0.5) is 5.69 Å². The highest BCUT2D eigenvalue weighted by Crippen LogP contribution is 2.27. The Balaban J connectivity index is 1.48. The molecule has 2 aliphatic rings. The van der Waals surface area contributed by atoms with E-state index >= 15 is 0 Å². The first-order valence-corrected chi connectivity index (χ1v) is 10.1. The molecule has 6 heteroatoms. The molecule has 2 aromatic carbocycles. The average molecular weight is 358 g/mol. The predicted octanol–water partition coefficient (Wildman–Crippen LogP) is 2.39. The lowest BCUT2D eigenvalue weighted by molar-refractivity contribution is 0.385. The minimum atomic E-state index is -3.43. The van der Waals surface area contributed by atoms with Gasteiger partial charge >= 0.3 is 0 Å². The number of nitrogens with zero attached hydrogens (tertiary/aromatic N) is 2. The van der Waals surface area contributed by atoms with E-state index in [1.54, 1.807) is 22.5 Å². The molecule has 1 aliphatic heterocycles. The number of phenolic OH excluding ortho intramolecular Hbond substituents is 1. The van der Waals surface area contributed by atoms with Gasteiger partial charge in [0.15, 0.2) is 0 Å². The molecule has 2 aromatic rings. The van der Waals surface area contributed by atoms with Crippen molar-refractivity contribution in [3.8, 4) is 5.75 Å². The molecule has 132 valence electrons. The van der Waals surface area contributed by atoms with E-state index in [0.29, 0.717) is 31.1 Å². The zero-order chi connectivity index (χ0) is 17.4. The first-order chi connectivity index (χ1) is 12.0. The number of anilines is 1. The van der Waals surface area contributed by atoms with E-state index in [9.17, 15) is 13.5 Å². The topological polar surface area (TPSA) is 60.9 Å². The first kappa shape index (κ1) is 16.4. The Bertz CT molecular complexity index is 870. The zero-order valence-electron chi connectivity index (χ0n) is 14.1. The summed E-state index contributed by atoms with van der Waals surface area (Å²) in [6, 6.07) is 12.6.